The van der Waals surface area contributed by atoms with Crippen LogP contribution in [0.25, 0.3) is 11.4 Å². The monoisotopic (exact) mass is 229 g/mol. The van der Waals surface area contributed by atoms with E-state index in [4.69, 9.17) is 23.2 Å². The topological polar surface area (TPSA) is 67.3 Å². The van der Waals surface area contributed by atoms with E-state index in [9.17, 15) is 0 Å². The third-order valence-corrected chi connectivity index (χ3v) is 2.02. The van der Waals surface area contributed by atoms with E-state index in [1.807, 2.05) is 0 Å². The van der Waals surface area contributed by atoms with Crippen LogP contribution in [-0.2, 0) is 0 Å². The fourth-order valence-electron chi connectivity index (χ4n) is 0.954. The van der Waals surface area contributed by atoms with Crippen LogP contribution in [0.4, 0.5) is 0 Å². The van der Waals surface area contributed by atoms with Crippen LogP contribution >= 0.6 is 23.2 Å². The number of nitrogens with zero attached hydrogens (tertiary/aromatic N) is 4. The van der Waals surface area contributed by atoms with Crippen molar-refractivity contribution in [2.45, 2.75) is 6.92 Å². The van der Waals surface area contributed by atoms with E-state index in [0.717, 1.165) is 0 Å². The number of hydrogen-bond donors (Lipinski definition) is 1. The summed E-state index contributed by atoms with van der Waals surface area (Å²) in [6.45, 7) is 1.79. The number of rotatable bonds is 1. The number of H-pyrrole nitrogens is 1. The third-order valence-electron chi connectivity index (χ3n) is 1.55. The zero-order valence-corrected chi connectivity index (χ0v) is 8.63. The number of aromatic amines is 1. The molecule has 0 aliphatic heterocycles. The van der Waals surface area contributed by atoms with Gasteiger partial charge in [-0.2, -0.15) is 5.10 Å². The molecule has 14 heavy (non-hydrogen) atoms. The lowest BCUT2D eigenvalue weighted by Gasteiger charge is -1.96. The molecule has 0 bridgehead atoms. The quantitative estimate of drug-likeness (QED) is 0.599. The average Bonchev–Trinajstić information content (AvgIpc) is 2.51. The van der Waals surface area contributed by atoms with Crippen molar-refractivity contribution < 1.29 is 0 Å². The maximum Gasteiger partial charge on any atom is 0.223 e. The highest BCUT2D eigenvalue weighted by Crippen LogP contribution is 2.22. The van der Waals surface area contributed by atoms with Crippen molar-refractivity contribution in [1.82, 2.24) is 25.1 Å². The molecule has 72 valence electrons. The molecule has 0 saturated carbocycles. The van der Waals surface area contributed by atoms with E-state index in [2.05, 4.69) is 25.1 Å². The van der Waals surface area contributed by atoms with Gasteiger partial charge in [-0.15, -0.1) is 0 Å². The molecular weight excluding hydrogens is 225 g/mol. The Morgan fingerprint density at radius 1 is 1.29 bits per heavy atom. The Hall–Kier alpha value is -1.20. The molecule has 2 heterocycles. The first-order valence-electron chi connectivity index (χ1n) is 3.74. The lowest BCUT2D eigenvalue weighted by molar-refractivity contribution is 1.04. The Labute approximate surface area is 89.5 Å². The standard InChI is InChI=1S/C7H5Cl2N5/c1-3-11-6(14-13-3)4-2-10-7(9)12-5(4)8/h2H,1H3,(H,11,13,14). The lowest BCUT2D eigenvalue weighted by atomic mass is 10.3. The number of aromatic nitrogens is 5. The summed E-state index contributed by atoms with van der Waals surface area (Å²) >= 11 is 11.4. The molecule has 0 fully saturated rings. The van der Waals surface area contributed by atoms with Gasteiger partial charge in [0.05, 0.1) is 5.56 Å². The first-order valence-corrected chi connectivity index (χ1v) is 4.50. The molecule has 0 radical (unpaired) electrons. The summed E-state index contributed by atoms with van der Waals surface area (Å²) in [5.41, 5.74) is 0.556. The predicted octanol–water partition coefficient (Wildman–Crippen LogP) is 1.88. The van der Waals surface area contributed by atoms with Gasteiger partial charge in [-0.05, 0) is 18.5 Å². The van der Waals surface area contributed by atoms with Gasteiger partial charge in [-0.3, -0.25) is 5.10 Å². The van der Waals surface area contributed by atoms with Crippen molar-refractivity contribution >= 4 is 23.2 Å². The summed E-state index contributed by atoms with van der Waals surface area (Å²) in [5, 5.41) is 6.98. The van der Waals surface area contributed by atoms with Crippen molar-refractivity contribution in [3.05, 3.63) is 22.5 Å². The zero-order chi connectivity index (χ0) is 10.1. The minimum absolute atomic E-state index is 0.103. The van der Waals surface area contributed by atoms with Crippen LogP contribution in [0.1, 0.15) is 5.82 Å². The maximum atomic E-state index is 5.84. The van der Waals surface area contributed by atoms with Crippen LogP contribution < -0.4 is 0 Å². The van der Waals surface area contributed by atoms with Crippen molar-refractivity contribution in [2.75, 3.05) is 0 Å². The van der Waals surface area contributed by atoms with Gasteiger partial charge < -0.3 is 0 Å². The summed E-state index contributed by atoms with van der Waals surface area (Å²) in [5.74, 6) is 1.16. The molecule has 5 nitrogen and oxygen atoms in total. The van der Waals surface area contributed by atoms with Gasteiger partial charge in [-0.1, -0.05) is 11.6 Å². The van der Waals surface area contributed by atoms with E-state index in [1.165, 1.54) is 6.20 Å². The summed E-state index contributed by atoms with van der Waals surface area (Å²) in [7, 11) is 0. The molecule has 0 aliphatic rings. The number of hydrogen-bond acceptors (Lipinski definition) is 4. The Balaban J connectivity index is 2.52. The Kier molecular flexibility index (Phi) is 2.35. The maximum absolute atomic E-state index is 5.84. The summed E-state index contributed by atoms with van der Waals surface area (Å²) in [6.07, 6.45) is 1.49. The SMILES string of the molecule is Cc1nc(-c2cnc(Cl)nc2Cl)n[nH]1. The van der Waals surface area contributed by atoms with Crippen molar-refractivity contribution in [3.63, 3.8) is 0 Å². The smallest absolute Gasteiger partial charge is 0.223 e. The summed E-state index contributed by atoms with van der Waals surface area (Å²) < 4.78 is 0. The molecule has 0 saturated heterocycles. The Bertz CT molecular complexity index is 467. The summed E-state index contributed by atoms with van der Waals surface area (Å²) in [4.78, 5) is 11.7. The second-order valence-corrected chi connectivity index (χ2v) is 3.28. The molecule has 0 aliphatic carbocycles. The van der Waals surface area contributed by atoms with Gasteiger partial charge in [-0.25, -0.2) is 15.0 Å². The van der Waals surface area contributed by atoms with E-state index in [0.29, 0.717) is 17.2 Å². The molecule has 7 heteroatoms. The van der Waals surface area contributed by atoms with Crippen molar-refractivity contribution in [1.29, 1.82) is 0 Å². The Morgan fingerprint density at radius 3 is 2.64 bits per heavy atom. The fourth-order valence-corrected chi connectivity index (χ4v) is 1.34. The van der Waals surface area contributed by atoms with Crippen molar-refractivity contribution in [3.8, 4) is 11.4 Å². The second kappa shape index (κ2) is 3.51. The molecule has 2 aromatic heterocycles. The highest BCUT2D eigenvalue weighted by Gasteiger charge is 2.10. The van der Waals surface area contributed by atoms with Gasteiger partial charge in [0.1, 0.15) is 11.0 Å². The van der Waals surface area contributed by atoms with E-state index < -0.39 is 0 Å². The minimum Gasteiger partial charge on any atom is -0.263 e. The highest BCUT2D eigenvalue weighted by molar-refractivity contribution is 6.33. The normalized spacial score (nSPS) is 10.5. The van der Waals surface area contributed by atoms with Gasteiger partial charge in [0, 0.05) is 6.20 Å². The third kappa shape index (κ3) is 1.69. The van der Waals surface area contributed by atoms with Crippen molar-refractivity contribution in [2.24, 2.45) is 0 Å². The molecule has 0 amide bonds. The predicted molar refractivity (Wildman–Crippen MR) is 52.2 cm³/mol. The first-order chi connectivity index (χ1) is 6.66. The molecule has 0 unspecified atom stereocenters. The Morgan fingerprint density at radius 2 is 2.07 bits per heavy atom. The van der Waals surface area contributed by atoms with Gasteiger partial charge in [0.25, 0.3) is 0 Å². The zero-order valence-electron chi connectivity index (χ0n) is 7.12. The van der Waals surface area contributed by atoms with Crippen LogP contribution in [0.5, 0.6) is 0 Å². The van der Waals surface area contributed by atoms with Gasteiger partial charge in [0.15, 0.2) is 5.82 Å². The lowest BCUT2D eigenvalue weighted by Crippen LogP contribution is -1.89. The van der Waals surface area contributed by atoms with Gasteiger partial charge in [0.2, 0.25) is 5.28 Å². The minimum atomic E-state index is 0.103. The highest BCUT2D eigenvalue weighted by atomic mass is 35.5. The molecule has 2 rings (SSSR count). The van der Waals surface area contributed by atoms with Gasteiger partial charge >= 0.3 is 0 Å². The first kappa shape index (κ1) is 9.36. The van der Waals surface area contributed by atoms with Crippen LogP contribution in [0.3, 0.4) is 0 Å². The van der Waals surface area contributed by atoms with Crippen LogP contribution in [0, 0.1) is 6.92 Å². The summed E-state index contributed by atoms with van der Waals surface area (Å²) in [6, 6.07) is 0. The molecule has 0 atom stereocenters. The fraction of sp³-hybridized carbons (Fsp3) is 0.143. The number of nitrogens with one attached hydrogen (secondary N) is 1. The molecule has 2 aromatic rings. The second-order valence-electron chi connectivity index (χ2n) is 2.59. The van der Waals surface area contributed by atoms with Crippen LogP contribution in [0.2, 0.25) is 10.4 Å². The average molecular weight is 230 g/mol. The molecule has 0 spiro atoms. The molecule has 0 aromatic carbocycles. The van der Waals surface area contributed by atoms with Crippen LogP contribution in [0.15, 0.2) is 6.20 Å². The largest absolute Gasteiger partial charge is 0.263 e. The van der Waals surface area contributed by atoms with E-state index >= 15 is 0 Å². The van der Waals surface area contributed by atoms with Crippen LogP contribution in [-0.4, -0.2) is 25.1 Å². The number of aryl methyl sites for hydroxylation is 1. The molecule has 1 N–H and O–H groups in total. The molecular formula is C7H5Cl2N5. The van der Waals surface area contributed by atoms with E-state index in [-0.39, 0.29) is 10.4 Å². The van der Waals surface area contributed by atoms with E-state index in [1.54, 1.807) is 6.92 Å². The number of halogens is 2.